The lowest BCUT2D eigenvalue weighted by molar-refractivity contribution is 0.289. The van der Waals surface area contributed by atoms with Crippen molar-refractivity contribution in [1.82, 2.24) is 14.9 Å². The van der Waals surface area contributed by atoms with Gasteiger partial charge in [0.15, 0.2) is 5.82 Å². The molecule has 2 aromatic carbocycles. The molecule has 0 saturated heterocycles. The fraction of sp³-hybridized carbons (Fsp3) is 0.167. The maximum absolute atomic E-state index is 9.15. The molecule has 0 aliphatic rings. The summed E-state index contributed by atoms with van der Waals surface area (Å²) in [5.74, 6) is 8.51. The van der Waals surface area contributed by atoms with Crippen LogP contribution in [0.2, 0.25) is 0 Å². The van der Waals surface area contributed by atoms with E-state index in [1.807, 2.05) is 36.4 Å². The number of hydrogen-bond acceptors (Lipinski definition) is 7. The van der Waals surface area contributed by atoms with Crippen molar-refractivity contribution >= 4 is 11.8 Å². The lowest BCUT2D eigenvalue weighted by Crippen LogP contribution is -2.15. The van der Waals surface area contributed by atoms with Crippen LogP contribution in [-0.2, 0) is 12.4 Å². The fourth-order valence-electron chi connectivity index (χ4n) is 2.24. The Hall–Kier alpha value is -3.18. The van der Waals surface area contributed by atoms with Gasteiger partial charge in [0.2, 0.25) is 5.16 Å². The number of ether oxygens (including phenoxy) is 2. The number of aromatic nitrogens is 3. The van der Waals surface area contributed by atoms with Crippen LogP contribution in [0.4, 0.5) is 0 Å². The zero-order valence-corrected chi connectivity index (χ0v) is 14.9. The second-order valence-electron chi connectivity index (χ2n) is 5.29. The van der Waals surface area contributed by atoms with Gasteiger partial charge in [0.25, 0.3) is 0 Å². The van der Waals surface area contributed by atoms with E-state index >= 15 is 0 Å². The molecule has 0 amide bonds. The predicted molar refractivity (Wildman–Crippen MR) is 98.2 cm³/mol. The second-order valence-corrected chi connectivity index (χ2v) is 6.24. The molecule has 0 radical (unpaired) electrons. The summed E-state index contributed by atoms with van der Waals surface area (Å²) in [5, 5.41) is 17.9. The zero-order valence-electron chi connectivity index (χ0n) is 14.1. The van der Waals surface area contributed by atoms with Crippen LogP contribution in [-0.4, -0.2) is 22.0 Å². The first kappa shape index (κ1) is 17.6. The number of hydrogen-bond donors (Lipinski definition) is 1. The summed E-state index contributed by atoms with van der Waals surface area (Å²) in [6.45, 7) is 0.187. The number of thioether (sulfide) groups is 1. The van der Waals surface area contributed by atoms with Crippen molar-refractivity contribution in [2.45, 2.75) is 17.5 Å². The van der Waals surface area contributed by atoms with E-state index in [1.54, 1.807) is 19.2 Å². The Balaban J connectivity index is 1.63. The smallest absolute Gasteiger partial charge is 0.210 e. The molecule has 3 rings (SSSR count). The van der Waals surface area contributed by atoms with Crippen molar-refractivity contribution in [3.63, 3.8) is 0 Å². The van der Waals surface area contributed by atoms with E-state index < -0.39 is 0 Å². The molecule has 8 heteroatoms. The van der Waals surface area contributed by atoms with Crippen LogP contribution in [0.25, 0.3) is 0 Å². The molecular formula is C18H17N5O2S. The first-order valence-electron chi connectivity index (χ1n) is 7.78. The normalized spacial score (nSPS) is 10.3. The van der Waals surface area contributed by atoms with Crippen LogP contribution in [0.3, 0.4) is 0 Å². The standard InChI is InChI=1S/C18H17N5O2S/c1-24-15-7-4-8-16(9-15)25-11-17-21-22-18(23(17)20)26-12-14-6-3-2-5-13(14)10-19/h2-9H,11-12,20H2,1H3. The molecular weight excluding hydrogens is 350 g/mol. The van der Waals surface area contributed by atoms with Gasteiger partial charge in [-0.3, -0.25) is 0 Å². The molecule has 0 aliphatic carbocycles. The molecule has 132 valence electrons. The number of nitrogens with two attached hydrogens (primary N) is 1. The first-order chi connectivity index (χ1) is 12.7. The Morgan fingerprint density at radius 2 is 1.96 bits per heavy atom. The van der Waals surface area contributed by atoms with Crippen molar-refractivity contribution in [2.24, 2.45) is 0 Å². The molecule has 2 N–H and O–H groups in total. The summed E-state index contributed by atoms with van der Waals surface area (Å²) in [6.07, 6.45) is 0. The molecule has 0 atom stereocenters. The Labute approximate surface area is 155 Å². The third-order valence-electron chi connectivity index (χ3n) is 3.64. The molecule has 0 unspecified atom stereocenters. The van der Waals surface area contributed by atoms with E-state index in [2.05, 4.69) is 16.3 Å². The van der Waals surface area contributed by atoms with Gasteiger partial charge in [-0.15, -0.1) is 10.2 Å². The third kappa shape index (κ3) is 4.07. The summed E-state index contributed by atoms with van der Waals surface area (Å²) in [4.78, 5) is 0. The SMILES string of the molecule is COc1cccc(OCc2nnc(SCc3ccccc3C#N)n2N)c1. The minimum Gasteiger partial charge on any atom is -0.497 e. The summed E-state index contributed by atoms with van der Waals surface area (Å²) in [5.41, 5.74) is 1.57. The van der Waals surface area contributed by atoms with Gasteiger partial charge in [-0.2, -0.15) is 5.26 Å². The van der Waals surface area contributed by atoms with Crippen LogP contribution in [0.5, 0.6) is 11.5 Å². The van der Waals surface area contributed by atoms with Gasteiger partial charge in [-0.1, -0.05) is 36.0 Å². The number of nitrogens with zero attached hydrogens (tertiary/aromatic N) is 4. The van der Waals surface area contributed by atoms with Crippen molar-refractivity contribution in [2.75, 3.05) is 13.0 Å². The van der Waals surface area contributed by atoms with Crippen LogP contribution in [0, 0.1) is 11.3 Å². The molecule has 0 aliphatic heterocycles. The maximum atomic E-state index is 9.15. The maximum Gasteiger partial charge on any atom is 0.210 e. The second kappa shape index (κ2) is 8.27. The number of nitrogen functional groups attached to an aromatic ring is 1. The van der Waals surface area contributed by atoms with Crippen molar-refractivity contribution < 1.29 is 9.47 Å². The van der Waals surface area contributed by atoms with E-state index in [1.165, 1.54) is 16.4 Å². The number of benzene rings is 2. The molecule has 26 heavy (non-hydrogen) atoms. The molecule has 3 aromatic rings. The monoisotopic (exact) mass is 367 g/mol. The topological polar surface area (TPSA) is 99.0 Å². The summed E-state index contributed by atoms with van der Waals surface area (Å²) >= 11 is 1.42. The van der Waals surface area contributed by atoms with Gasteiger partial charge < -0.3 is 15.3 Å². The molecule has 1 aromatic heterocycles. The van der Waals surface area contributed by atoms with E-state index in [9.17, 15) is 0 Å². The van der Waals surface area contributed by atoms with Crippen LogP contribution in [0.1, 0.15) is 17.0 Å². The van der Waals surface area contributed by atoms with E-state index in [0.29, 0.717) is 33.8 Å². The third-order valence-corrected chi connectivity index (χ3v) is 4.63. The van der Waals surface area contributed by atoms with Gasteiger partial charge >= 0.3 is 0 Å². The molecule has 0 bridgehead atoms. The number of rotatable bonds is 7. The molecule has 0 fully saturated rings. The van der Waals surface area contributed by atoms with Crippen molar-refractivity contribution in [3.05, 3.63) is 65.5 Å². The van der Waals surface area contributed by atoms with Gasteiger partial charge in [0.05, 0.1) is 18.7 Å². The van der Waals surface area contributed by atoms with E-state index in [4.69, 9.17) is 20.6 Å². The number of methoxy groups -OCH3 is 1. The van der Waals surface area contributed by atoms with E-state index in [0.717, 1.165) is 5.56 Å². The average molecular weight is 367 g/mol. The highest BCUT2D eigenvalue weighted by Crippen LogP contribution is 2.23. The molecule has 7 nitrogen and oxygen atoms in total. The van der Waals surface area contributed by atoms with Crippen LogP contribution >= 0.6 is 11.8 Å². The molecule has 0 spiro atoms. The summed E-state index contributed by atoms with van der Waals surface area (Å²) < 4.78 is 12.3. The molecule has 0 saturated carbocycles. The fourth-order valence-corrected chi connectivity index (χ4v) is 3.12. The average Bonchev–Trinajstić information content (AvgIpc) is 3.04. The van der Waals surface area contributed by atoms with Crippen LogP contribution in [0.15, 0.2) is 53.7 Å². The lowest BCUT2D eigenvalue weighted by atomic mass is 10.1. The predicted octanol–water partition coefficient (Wildman–Crippen LogP) is 2.74. The minimum absolute atomic E-state index is 0.187. The van der Waals surface area contributed by atoms with Crippen LogP contribution < -0.4 is 15.3 Å². The van der Waals surface area contributed by atoms with E-state index in [-0.39, 0.29) is 6.61 Å². The number of nitriles is 1. The van der Waals surface area contributed by atoms with Crippen molar-refractivity contribution in [3.8, 4) is 17.6 Å². The van der Waals surface area contributed by atoms with Gasteiger partial charge in [0, 0.05) is 11.8 Å². The van der Waals surface area contributed by atoms with Gasteiger partial charge in [0.1, 0.15) is 18.1 Å². The van der Waals surface area contributed by atoms with Gasteiger partial charge in [-0.05, 0) is 23.8 Å². The summed E-state index contributed by atoms with van der Waals surface area (Å²) in [6, 6.07) is 16.9. The quantitative estimate of drug-likeness (QED) is 0.506. The largest absolute Gasteiger partial charge is 0.497 e. The highest BCUT2D eigenvalue weighted by molar-refractivity contribution is 7.98. The molecule has 1 heterocycles. The minimum atomic E-state index is 0.187. The van der Waals surface area contributed by atoms with Crippen molar-refractivity contribution in [1.29, 1.82) is 5.26 Å². The summed E-state index contributed by atoms with van der Waals surface area (Å²) in [7, 11) is 1.60. The Bertz CT molecular complexity index is 935. The zero-order chi connectivity index (χ0) is 18.4. The highest BCUT2D eigenvalue weighted by atomic mass is 32.2. The van der Waals surface area contributed by atoms with Gasteiger partial charge in [-0.25, -0.2) is 4.68 Å². The Morgan fingerprint density at radius 1 is 1.15 bits per heavy atom. The first-order valence-corrected chi connectivity index (χ1v) is 8.77. The Kier molecular flexibility index (Phi) is 5.61. The Morgan fingerprint density at radius 3 is 2.77 bits per heavy atom. The lowest BCUT2D eigenvalue weighted by Gasteiger charge is -2.08. The highest BCUT2D eigenvalue weighted by Gasteiger charge is 2.12.